The highest BCUT2D eigenvalue weighted by molar-refractivity contribution is 5.15. The number of hydrogen-bond acceptors (Lipinski definition) is 1. The molecule has 72 valence electrons. The first-order chi connectivity index (χ1) is 5.91. The van der Waals surface area contributed by atoms with Crippen LogP contribution < -0.4 is 0 Å². The summed E-state index contributed by atoms with van der Waals surface area (Å²) in [4.78, 5) is 4.54. The van der Waals surface area contributed by atoms with Crippen molar-refractivity contribution in [3.63, 3.8) is 0 Å². The maximum atomic E-state index is 4.54. The van der Waals surface area contributed by atoms with Gasteiger partial charge in [-0.3, -0.25) is 4.98 Å². The van der Waals surface area contributed by atoms with Gasteiger partial charge in [-0.05, 0) is 24.5 Å². The lowest BCUT2D eigenvalue weighted by atomic mass is 9.80. The number of rotatable bonds is 1. The van der Waals surface area contributed by atoms with Gasteiger partial charge >= 0.3 is 0 Å². The van der Waals surface area contributed by atoms with E-state index in [1.165, 1.54) is 5.69 Å². The number of aryl methyl sites for hydroxylation is 1. The first-order valence-corrected chi connectivity index (χ1v) is 4.85. The molecule has 1 rings (SSSR count). The molecule has 0 fully saturated rings. The topological polar surface area (TPSA) is 12.9 Å². The highest BCUT2D eigenvalue weighted by Crippen LogP contribution is 2.33. The molecule has 0 aliphatic rings. The molecule has 0 saturated carbocycles. The molecule has 1 atom stereocenters. The van der Waals surface area contributed by atoms with Gasteiger partial charge in [0.15, 0.2) is 0 Å². The van der Waals surface area contributed by atoms with Crippen molar-refractivity contribution in [2.75, 3.05) is 0 Å². The molecule has 0 bridgehead atoms. The maximum absolute atomic E-state index is 4.54. The van der Waals surface area contributed by atoms with Crippen LogP contribution in [0.2, 0.25) is 0 Å². The van der Waals surface area contributed by atoms with Crippen molar-refractivity contribution in [3.05, 3.63) is 29.6 Å². The highest BCUT2D eigenvalue weighted by atomic mass is 14.7. The van der Waals surface area contributed by atoms with Crippen molar-refractivity contribution in [2.24, 2.45) is 5.41 Å². The lowest BCUT2D eigenvalue weighted by Gasteiger charge is -2.26. The van der Waals surface area contributed by atoms with E-state index in [0.717, 1.165) is 5.69 Å². The SMILES string of the molecule is Cc1cccc([C@H](C)C(C)(C)C)n1. The molecule has 1 aromatic rings. The van der Waals surface area contributed by atoms with E-state index in [1.54, 1.807) is 0 Å². The zero-order chi connectivity index (χ0) is 10.1. The van der Waals surface area contributed by atoms with Crippen LogP contribution in [0.4, 0.5) is 0 Å². The molecule has 0 saturated heterocycles. The predicted molar refractivity (Wildman–Crippen MR) is 56.8 cm³/mol. The van der Waals surface area contributed by atoms with Gasteiger partial charge in [-0.2, -0.15) is 0 Å². The lowest BCUT2D eigenvalue weighted by molar-refractivity contribution is 0.334. The second-order valence-electron chi connectivity index (χ2n) is 4.79. The average molecular weight is 177 g/mol. The van der Waals surface area contributed by atoms with Gasteiger partial charge in [0.2, 0.25) is 0 Å². The van der Waals surface area contributed by atoms with Gasteiger partial charge in [-0.25, -0.2) is 0 Å². The van der Waals surface area contributed by atoms with E-state index in [2.05, 4.69) is 44.8 Å². The molecule has 1 aromatic heterocycles. The highest BCUT2D eigenvalue weighted by Gasteiger charge is 2.22. The summed E-state index contributed by atoms with van der Waals surface area (Å²) in [7, 11) is 0. The number of nitrogens with zero attached hydrogens (tertiary/aromatic N) is 1. The zero-order valence-electron chi connectivity index (χ0n) is 9.26. The van der Waals surface area contributed by atoms with Crippen LogP contribution in [-0.2, 0) is 0 Å². The van der Waals surface area contributed by atoms with E-state index >= 15 is 0 Å². The molecule has 0 amide bonds. The van der Waals surface area contributed by atoms with Gasteiger partial charge in [0.1, 0.15) is 0 Å². The summed E-state index contributed by atoms with van der Waals surface area (Å²) in [5.41, 5.74) is 2.60. The minimum atomic E-state index is 0.292. The molecule has 13 heavy (non-hydrogen) atoms. The quantitative estimate of drug-likeness (QED) is 0.639. The summed E-state index contributed by atoms with van der Waals surface area (Å²) in [6.07, 6.45) is 0. The van der Waals surface area contributed by atoms with Crippen molar-refractivity contribution < 1.29 is 0 Å². The fourth-order valence-corrected chi connectivity index (χ4v) is 1.25. The third kappa shape index (κ3) is 2.55. The van der Waals surface area contributed by atoms with Crippen LogP contribution in [0.25, 0.3) is 0 Å². The third-order valence-electron chi connectivity index (χ3n) is 2.65. The fraction of sp³-hybridized carbons (Fsp3) is 0.583. The zero-order valence-corrected chi connectivity index (χ0v) is 9.26. The van der Waals surface area contributed by atoms with Crippen LogP contribution >= 0.6 is 0 Å². The van der Waals surface area contributed by atoms with Crippen LogP contribution in [0, 0.1) is 12.3 Å². The summed E-state index contributed by atoms with van der Waals surface area (Å²) < 4.78 is 0. The molecule has 1 heteroatoms. The molecular formula is C12H19N. The van der Waals surface area contributed by atoms with Crippen LogP contribution in [0.3, 0.4) is 0 Å². The van der Waals surface area contributed by atoms with Crippen LogP contribution in [0.15, 0.2) is 18.2 Å². The standard InChI is InChI=1S/C12H19N/c1-9-7-6-8-11(13-9)10(2)12(3,4)5/h6-8,10H,1-5H3/t10-/m0/s1. The molecule has 0 spiro atoms. The summed E-state index contributed by atoms with van der Waals surface area (Å²) >= 11 is 0. The van der Waals surface area contributed by atoms with Crippen molar-refractivity contribution in [1.29, 1.82) is 0 Å². The van der Waals surface area contributed by atoms with Crippen molar-refractivity contribution >= 4 is 0 Å². The van der Waals surface area contributed by atoms with E-state index in [1.807, 2.05) is 13.0 Å². The smallest absolute Gasteiger partial charge is 0.0440 e. The van der Waals surface area contributed by atoms with E-state index < -0.39 is 0 Å². The predicted octanol–water partition coefficient (Wildman–Crippen LogP) is 3.54. The van der Waals surface area contributed by atoms with E-state index in [0.29, 0.717) is 11.3 Å². The van der Waals surface area contributed by atoms with Crippen molar-refractivity contribution in [2.45, 2.75) is 40.5 Å². The molecule has 0 unspecified atom stereocenters. The Balaban J connectivity index is 2.96. The molecule has 1 nitrogen and oxygen atoms in total. The Morgan fingerprint density at radius 1 is 1.23 bits per heavy atom. The van der Waals surface area contributed by atoms with Gasteiger partial charge in [0.05, 0.1) is 0 Å². The second kappa shape index (κ2) is 3.49. The molecule has 0 aliphatic heterocycles. The largest absolute Gasteiger partial charge is 0.258 e. The second-order valence-corrected chi connectivity index (χ2v) is 4.79. The van der Waals surface area contributed by atoms with Crippen molar-refractivity contribution in [3.8, 4) is 0 Å². The molecular weight excluding hydrogens is 158 g/mol. The summed E-state index contributed by atoms with van der Waals surface area (Å²) in [6.45, 7) is 11.0. The fourth-order valence-electron chi connectivity index (χ4n) is 1.25. The Hall–Kier alpha value is -0.850. The molecule has 0 aliphatic carbocycles. The van der Waals surface area contributed by atoms with Crippen molar-refractivity contribution in [1.82, 2.24) is 4.98 Å². The normalized spacial score (nSPS) is 14.2. The van der Waals surface area contributed by atoms with Crippen LogP contribution in [-0.4, -0.2) is 4.98 Å². The van der Waals surface area contributed by atoms with Gasteiger partial charge in [-0.1, -0.05) is 33.8 Å². The number of hydrogen-bond donors (Lipinski definition) is 0. The molecule has 0 N–H and O–H groups in total. The molecule has 1 heterocycles. The van der Waals surface area contributed by atoms with E-state index in [-0.39, 0.29) is 0 Å². The minimum absolute atomic E-state index is 0.292. The Labute approximate surface area is 81.2 Å². The van der Waals surface area contributed by atoms with Gasteiger partial charge in [0, 0.05) is 17.3 Å². The number of aromatic nitrogens is 1. The van der Waals surface area contributed by atoms with Crippen LogP contribution in [0.1, 0.15) is 45.0 Å². The molecule has 0 radical (unpaired) electrons. The maximum Gasteiger partial charge on any atom is 0.0440 e. The Morgan fingerprint density at radius 2 is 1.85 bits per heavy atom. The van der Waals surface area contributed by atoms with Gasteiger partial charge in [0.25, 0.3) is 0 Å². The minimum Gasteiger partial charge on any atom is -0.258 e. The van der Waals surface area contributed by atoms with Gasteiger partial charge < -0.3 is 0 Å². The summed E-state index contributed by atoms with van der Waals surface area (Å²) in [5, 5.41) is 0. The first-order valence-electron chi connectivity index (χ1n) is 4.85. The van der Waals surface area contributed by atoms with Crippen LogP contribution in [0.5, 0.6) is 0 Å². The number of pyridine rings is 1. The van der Waals surface area contributed by atoms with E-state index in [4.69, 9.17) is 0 Å². The molecule has 0 aromatic carbocycles. The Kier molecular flexibility index (Phi) is 2.74. The van der Waals surface area contributed by atoms with Gasteiger partial charge in [-0.15, -0.1) is 0 Å². The Bertz CT molecular complexity index is 283. The lowest BCUT2D eigenvalue weighted by Crippen LogP contribution is -2.16. The first kappa shape index (κ1) is 10.2. The third-order valence-corrected chi connectivity index (χ3v) is 2.65. The monoisotopic (exact) mass is 177 g/mol. The van der Waals surface area contributed by atoms with E-state index in [9.17, 15) is 0 Å². The summed E-state index contributed by atoms with van der Waals surface area (Å²) in [5.74, 6) is 0.507. The average Bonchev–Trinajstić information content (AvgIpc) is 2.01. The summed E-state index contributed by atoms with van der Waals surface area (Å²) in [6, 6.07) is 6.24. The Morgan fingerprint density at radius 3 is 2.31 bits per heavy atom.